The van der Waals surface area contributed by atoms with Crippen LogP contribution in [0.15, 0.2) is 66.4 Å². The third-order valence-corrected chi connectivity index (χ3v) is 3.45. The quantitative estimate of drug-likeness (QED) is 0.749. The zero-order chi connectivity index (χ0) is 18.8. The van der Waals surface area contributed by atoms with Crippen LogP contribution < -0.4 is 10.6 Å². The van der Waals surface area contributed by atoms with Crippen molar-refractivity contribution in [3.05, 3.63) is 83.3 Å². The van der Waals surface area contributed by atoms with E-state index >= 15 is 0 Å². The maximum atomic E-state index is 13.0. The number of halogens is 1. The summed E-state index contributed by atoms with van der Waals surface area (Å²) in [4.78, 5) is 24.5. The van der Waals surface area contributed by atoms with Crippen LogP contribution in [0, 0.1) is 5.82 Å². The standard InChI is InChI=1S/C21H21FN2O2/c1-2-14-23-21(26)19(15-17-8-11-18(22)12-9-17)24-20(25)13-10-16-6-4-3-5-7-16/h3-13,15H,2,14H2,1H3,(H,23,26)(H,24,25)/b13-10-,19-15-. The fourth-order valence-corrected chi connectivity index (χ4v) is 2.13. The third kappa shape index (κ3) is 6.36. The number of amides is 2. The molecule has 0 atom stereocenters. The molecule has 0 aliphatic carbocycles. The Morgan fingerprint density at radius 3 is 2.35 bits per heavy atom. The fourth-order valence-electron chi connectivity index (χ4n) is 2.13. The molecule has 0 fully saturated rings. The highest BCUT2D eigenvalue weighted by Crippen LogP contribution is 2.08. The van der Waals surface area contributed by atoms with Gasteiger partial charge in [0.15, 0.2) is 0 Å². The van der Waals surface area contributed by atoms with Gasteiger partial charge in [-0.1, -0.05) is 49.4 Å². The van der Waals surface area contributed by atoms with Crippen LogP contribution in [-0.4, -0.2) is 18.4 Å². The molecule has 5 heteroatoms. The fraction of sp³-hybridized carbons (Fsp3) is 0.143. The molecule has 2 aromatic rings. The van der Waals surface area contributed by atoms with Gasteiger partial charge in [-0.15, -0.1) is 0 Å². The summed E-state index contributed by atoms with van der Waals surface area (Å²) in [6, 6.07) is 15.0. The number of carbonyl (C=O) groups excluding carboxylic acids is 2. The topological polar surface area (TPSA) is 58.2 Å². The van der Waals surface area contributed by atoms with Gasteiger partial charge in [0.25, 0.3) is 5.91 Å². The van der Waals surface area contributed by atoms with E-state index in [-0.39, 0.29) is 11.5 Å². The SMILES string of the molecule is CCCNC(=O)/C(=C/c1ccc(F)cc1)NC(=O)/C=C\c1ccccc1. The Morgan fingerprint density at radius 2 is 1.69 bits per heavy atom. The normalized spacial score (nSPS) is 11.4. The van der Waals surface area contributed by atoms with Crippen molar-refractivity contribution in [2.45, 2.75) is 13.3 Å². The van der Waals surface area contributed by atoms with Gasteiger partial charge in [-0.2, -0.15) is 0 Å². The van der Waals surface area contributed by atoms with Crippen molar-refractivity contribution in [2.75, 3.05) is 6.54 Å². The minimum Gasteiger partial charge on any atom is -0.351 e. The van der Waals surface area contributed by atoms with Crippen molar-refractivity contribution in [1.82, 2.24) is 10.6 Å². The third-order valence-electron chi connectivity index (χ3n) is 3.45. The molecule has 0 aromatic heterocycles. The first kappa shape index (κ1) is 19.1. The molecule has 4 nitrogen and oxygen atoms in total. The summed E-state index contributed by atoms with van der Waals surface area (Å²) in [6.45, 7) is 2.43. The molecule has 2 amide bonds. The molecule has 0 aliphatic rings. The maximum Gasteiger partial charge on any atom is 0.267 e. The Bertz CT molecular complexity index is 797. The molecule has 26 heavy (non-hydrogen) atoms. The van der Waals surface area contributed by atoms with Crippen LogP contribution in [-0.2, 0) is 9.59 Å². The molecule has 134 valence electrons. The van der Waals surface area contributed by atoms with E-state index in [0.29, 0.717) is 12.1 Å². The lowest BCUT2D eigenvalue weighted by atomic mass is 10.1. The lowest BCUT2D eigenvalue weighted by Crippen LogP contribution is -2.34. The molecule has 0 saturated heterocycles. The Morgan fingerprint density at radius 1 is 1.00 bits per heavy atom. The Kier molecular flexibility index (Phi) is 7.31. The molecule has 0 saturated carbocycles. The molecule has 0 unspecified atom stereocenters. The lowest BCUT2D eigenvalue weighted by molar-refractivity contribution is -0.121. The van der Waals surface area contributed by atoms with Gasteiger partial charge in [-0.25, -0.2) is 4.39 Å². The number of hydrogen-bond donors (Lipinski definition) is 2. The minimum absolute atomic E-state index is 0.104. The van der Waals surface area contributed by atoms with Gasteiger partial charge >= 0.3 is 0 Å². The molecular weight excluding hydrogens is 331 g/mol. The lowest BCUT2D eigenvalue weighted by Gasteiger charge is -2.09. The molecule has 0 aliphatic heterocycles. The minimum atomic E-state index is -0.422. The molecule has 2 rings (SSSR count). The highest BCUT2D eigenvalue weighted by molar-refractivity contribution is 6.04. The van der Waals surface area contributed by atoms with E-state index < -0.39 is 11.8 Å². The summed E-state index contributed by atoms with van der Waals surface area (Å²) in [7, 11) is 0. The van der Waals surface area contributed by atoms with E-state index in [0.717, 1.165) is 12.0 Å². The summed E-state index contributed by atoms with van der Waals surface area (Å²) in [6.07, 6.45) is 5.31. The van der Waals surface area contributed by atoms with Gasteiger partial charge in [0, 0.05) is 12.6 Å². The predicted molar refractivity (Wildman–Crippen MR) is 101 cm³/mol. The van der Waals surface area contributed by atoms with E-state index in [1.807, 2.05) is 37.3 Å². The second-order valence-electron chi connectivity index (χ2n) is 5.60. The van der Waals surface area contributed by atoms with Crippen LogP contribution in [0.5, 0.6) is 0 Å². The number of carbonyl (C=O) groups is 2. The summed E-state index contributed by atoms with van der Waals surface area (Å²) < 4.78 is 13.0. The number of benzene rings is 2. The monoisotopic (exact) mass is 352 g/mol. The van der Waals surface area contributed by atoms with Crippen molar-refractivity contribution in [1.29, 1.82) is 0 Å². The average Bonchev–Trinajstić information content (AvgIpc) is 2.66. The Labute approximate surface area is 152 Å². The van der Waals surface area contributed by atoms with Crippen LogP contribution in [0.2, 0.25) is 0 Å². The van der Waals surface area contributed by atoms with Crippen LogP contribution in [0.4, 0.5) is 4.39 Å². The van der Waals surface area contributed by atoms with E-state index in [1.54, 1.807) is 6.08 Å². The Hall–Kier alpha value is -3.21. The van der Waals surface area contributed by atoms with E-state index in [4.69, 9.17) is 0 Å². The van der Waals surface area contributed by atoms with Gasteiger partial charge in [0.2, 0.25) is 5.91 Å². The van der Waals surface area contributed by atoms with Gasteiger partial charge < -0.3 is 10.6 Å². The van der Waals surface area contributed by atoms with Crippen molar-refractivity contribution in [3.63, 3.8) is 0 Å². The molecule has 0 bridgehead atoms. The average molecular weight is 352 g/mol. The molecular formula is C21H21FN2O2. The summed E-state index contributed by atoms with van der Waals surface area (Å²) in [5.41, 5.74) is 1.59. The summed E-state index contributed by atoms with van der Waals surface area (Å²) >= 11 is 0. The largest absolute Gasteiger partial charge is 0.351 e. The van der Waals surface area contributed by atoms with Crippen molar-refractivity contribution in [3.8, 4) is 0 Å². The first-order chi connectivity index (χ1) is 12.6. The van der Waals surface area contributed by atoms with E-state index in [2.05, 4.69) is 10.6 Å². The maximum absolute atomic E-state index is 13.0. The van der Waals surface area contributed by atoms with Crippen LogP contribution >= 0.6 is 0 Å². The second kappa shape index (κ2) is 9.93. The number of hydrogen-bond acceptors (Lipinski definition) is 2. The predicted octanol–water partition coefficient (Wildman–Crippen LogP) is 3.52. The van der Waals surface area contributed by atoms with Gasteiger partial charge in [0.1, 0.15) is 11.5 Å². The number of nitrogens with one attached hydrogen (secondary N) is 2. The zero-order valence-electron chi connectivity index (χ0n) is 14.5. The molecule has 2 N–H and O–H groups in total. The van der Waals surface area contributed by atoms with Crippen LogP contribution in [0.25, 0.3) is 12.2 Å². The van der Waals surface area contributed by atoms with Crippen molar-refractivity contribution < 1.29 is 14.0 Å². The molecule has 2 aromatic carbocycles. The van der Waals surface area contributed by atoms with Crippen LogP contribution in [0.1, 0.15) is 24.5 Å². The van der Waals surface area contributed by atoms with Crippen LogP contribution in [0.3, 0.4) is 0 Å². The van der Waals surface area contributed by atoms with Gasteiger partial charge in [-0.05, 0) is 41.8 Å². The van der Waals surface area contributed by atoms with E-state index in [9.17, 15) is 14.0 Å². The van der Waals surface area contributed by atoms with Crippen molar-refractivity contribution >= 4 is 24.0 Å². The first-order valence-electron chi connectivity index (χ1n) is 8.38. The van der Waals surface area contributed by atoms with Gasteiger partial charge in [0.05, 0.1) is 0 Å². The smallest absolute Gasteiger partial charge is 0.267 e. The second-order valence-corrected chi connectivity index (χ2v) is 5.60. The summed E-state index contributed by atoms with van der Waals surface area (Å²) in [5.74, 6) is -1.18. The molecule has 0 spiro atoms. The van der Waals surface area contributed by atoms with Gasteiger partial charge in [-0.3, -0.25) is 9.59 Å². The van der Waals surface area contributed by atoms with E-state index in [1.165, 1.54) is 36.4 Å². The number of rotatable bonds is 7. The Balaban J connectivity index is 2.15. The highest BCUT2D eigenvalue weighted by Gasteiger charge is 2.11. The highest BCUT2D eigenvalue weighted by atomic mass is 19.1. The molecule has 0 heterocycles. The summed E-state index contributed by atoms with van der Waals surface area (Å²) in [5, 5.41) is 5.31. The first-order valence-corrected chi connectivity index (χ1v) is 8.38. The van der Waals surface area contributed by atoms with Crippen molar-refractivity contribution in [2.24, 2.45) is 0 Å². The molecule has 0 radical (unpaired) electrons. The zero-order valence-corrected chi connectivity index (χ0v) is 14.5.